The van der Waals surface area contributed by atoms with Crippen LogP contribution in [0.3, 0.4) is 0 Å². The van der Waals surface area contributed by atoms with Crippen LogP contribution in [0.15, 0.2) is 0 Å². The number of aliphatic hydroxyl groups is 3. The van der Waals surface area contributed by atoms with Crippen molar-refractivity contribution in [1.82, 2.24) is 0 Å². The number of halogens is 1. The average Bonchev–Trinajstić information content (AvgIpc) is 2.38. The van der Waals surface area contributed by atoms with Gasteiger partial charge in [-0.25, -0.2) is 4.39 Å². The standard InChI is InChI=1S/C10H18FNO7/c1-3(6(12)9(16)17)18-10-5(11)8(15)7(14)4(2-13)19-10/h3-8,10,13-15H,2,12H2,1H3,(H,16,17)/t3-,4-,5-,6+,7-,8-,10?/m1/s1/i11-1. The third-order valence-electron chi connectivity index (χ3n) is 2.95. The van der Waals surface area contributed by atoms with Crippen LogP contribution >= 0.6 is 0 Å². The minimum absolute atomic E-state index is 0.649. The molecule has 19 heavy (non-hydrogen) atoms. The van der Waals surface area contributed by atoms with E-state index in [9.17, 15) is 19.4 Å². The lowest BCUT2D eigenvalue weighted by molar-refractivity contribution is -0.297. The number of hydrogen-bond donors (Lipinski definition) is 5. The number of carbonyl (C=O) groups is 1. The number of carboxylic acids is 1. The first-order chi connectivity index (χ1) is 8.79. The first-order valence-electron chi connectivity index (χ1n) is 5.70. The molecule has 8 nitrogen and oxygen atoms in total. The molecular weight excluding hydrogens is 264 g/mol. The Kier molecular flexibility index (Phi) is 5.59. The minimum atomic E-state index is -2.08. The number of alkyl halides is 1. The fourth-order valence-corrected chi connectivity index (χ4v) is 1.65. The van der Waals surface area contributed by atoms with Crippen molar-refractivity contribution in [2.45, 2.75) is 49.8 Å². The summed E-state index contributed by atoms with van der Waals surface area (Å²) in [4.78, 5) is 10.6. The molecule has 0 aromatic rings. The second-order valence-corrected chi connectivity index (χ2v) is 4.36. The van der Waals surface area contributed by atoms with Gasteiger partial charge < -0.3 is 35.6 Å². The van der Waals surface area contributed by atoms with Crippen LogP contribution in [0, 0.1) is 0 Å². The molecule has 1 saturated heterocycles. The fourth-order valence-electron chi connectivity index (χ4n) is 1.65. The van der Waals surface area contributed by atoms with Gasteiger partial charge in [-0.1, -0.05) is 0 Å². The molecule has 0 bridgehead atoms. The monoisotopic (exact) mass is 282 g/mol. The topological polar surface area (TPSA) is 142 Å². The van der Waals surface area contributed by atoms with Gasteiger partial charge >= 0.3 is 5.97 Å². The third-order valence-corrected chi connectivity index (χ3v) is 2.95. The summed E-state index contributed by atoms with van der Waals surface area (Å²) in [6, 6.07) is -1.40. The molecule has 0 aromatic heterocycles. The van der Waals surface area contributed by atoms with Crippen LogP contribution in [-0.4, -0.2) is 75.9 Å². The van der Waals surface area contributed by atoms with Gasteiger partial charge in [-0.2, -0.15) is 0 Å². The number of rotatable bonds is 5. The van der Waals surface area contributed by atoms with Crippen LogP contribution in [0.4, 0.5) is 4.39 Å². The van der Waals surface area contributed by atoms with E-state index < -0.39 is 55.5 Å². The Hall–Kier alpha value is -0.840. The third kappa shape index (κ3) is 3.59. The first kappa shape index (κ1) is 16.2. The van der Waals surface area contributed by atoms with E-state index in [0.29, 0.717) is 0 Å². The van der Waals surface area contributed by atoms with E-state index in [1.165, 1.54) is 6.92 Å². The molecule has 1 fully saturated rings. The molecule has 1 aliphatic rings. The summed E-state index contributed by atoms with van der Waals surface area (Å²) < 4.78 is 23.6. The lowest BCUT2D eigenvalue weighted by Crippen LogP contribution is -2.59. The van der Waals surface area contributed by atoms with E-state index in [1.807, 2.05) is 0 Å². The predicted molar refractivity (Wildman–Crippen MR) is 58.8 cm³/mol. The van der Waals surface area contributed by atoms with E-state index in [2.05, 4.69) is 0 Å². The largest absolute Gasteiger partial charge is 0.480 e. The van der Waals surface area contributed by atoms with Gasteiger partial charge in [0.05, 0.1) is 12.7 Å². The van der Waals surface area contributed by atoms with E-state index in [4.69, 9.17) is 25.4 Å². The number of aliphatic carboxylic acids is 1. The summed E-state index contributed by atoms with van der Waals surface area (Å²) in [5, 5.41) is 36.4. The van der Waals surface area contributed by atoms with Crippen LogP contribution < -0.4 is 5.73 Å². The highest BCUT2D eigenvalue weighted by Gasteiger charge is 2.46. The highest BCUT2D eigenvalue weighted by atomic mass is 18.2. The van der Waals surface area contributed by atoms with E-state index in [-0.39, 0.29) is 0 Å². The molecule has 1 rings (SSSR count). The summed E-state index contributed by atoms with van der Waals surface area (Å²) in [5.74, 6) is -1.34. The quantitative estimate of drug-likeness (QED) is 0.375. The SMILES string of the molecule is C[C@@H](OC1O[C@H](CO)[C@@H](O)[C@H](O)[C@H]1[18F])[C@H](N)C(=O)O. The molecule has 0 radical (unpaired) electrons. The summed E-state index contributed by atoms with van der Waals surface area (Å²) in [6.45, 7) is 0.657. The summed E-state index contributed by atoms with van der Waals surface area (Å²) >= 11 is 0. The van der Waals surface area contributed by atoms with E-state index >= 15 is 0 Å². The molecule has 1 aliphatic heterocycles. The zero-order valence-electron chi connectivity index (χ0n) is 10.2. The second kappa shape index (κ2) is 6.55. The van der Waals surface area contributed by atoms with E-state index in [0.717, 1.165) is 0 Å². The molecule has 112 valence electrons. The Morgan fingerprint density at radius 3 is 2.53 bits per heavy atom. The smallest absolute Gasteiger partial charge is 0.323 e. The number of aliphatic hydroxyl groups excluding tert-OH is 3. The maximum Gasteiger partial charge on any atom is 0.323 e. The molecule has 1 heterocycles. The molecule has 0 amide bonds. The summed E-state index contributed by atoms with van der Waals surface area (Å²) in [6.07, 6.45) is -9.40. The number of nitrogens with two attached hydrogens (primary N) is 1. The fraction of sp³-hybridized carbons (Fsp3) is 0.900. The number of hydrogen-bond acceptors (Lipinski definition) is 7. The summed E-state index contributed by atoms with van der Waals surface area (Å²) in [7, 11) is 0. The molecule has 1 unspecified atom stereocenters. The van der Waals surface area contributed by atoms with Gasteiger partial charge in [-0.3, -0.25) is 4.79 Å². The Labute approximate surface area is 108 Å². The van der Waals surface area contributed by atoms with Gasteiger partial charge in [0.2, 0.25) is 0 Å². The Morgan fingerprint density at radius 2 is 2.05 bits per heavy atom. The van der Waals surface area contributed by atoms with Crippen molar-refractivity contribution in [3.63, 3.8) is 0 Å². The lowest BCUT2D eigenvalue weighted by atomic mass is 10.00. The van der Waals surface area contributed by atoms with Crippen molar-refractivity contribution >= 4 is 5.97 Å². The number of ether oxygens (including phenoxy) is 2. The molecule has 0 saturated carbocycles. The zero-order valence-corrected chi connectivity index (χ0v) is 10.2. The van der Waals surface area contributed by atoms with Gasteiger partial charge in [-0.05, 0) is 6.92 Å². The Balaban J connectivity index is 2.69. The average molecular weight is 282 g/mol. The second-order valence-electron chi connectivity index (χ2n) is 4.36. The maximum atomic E-state index is 13.7. The first-order valence-corrected chi connectivity index (χ1v) is 5.70. The van der Waals surface area contributed by atoms with Crippen LogP contribution in [0.2, 0.25) is 0 Å². The van der Waals surface area contributed by atoms with Gasteiger partial charge in [0.25, 0.3) is 0 Å². The van der Waals surface area contributed by atoms with Crippen molar-refractivity contribution < 1.29 is 39.1 Å². The highest BCUT2D eigenvalue weighted by molar-refractivity contribution is 5.73. The lowest BCUT2D eigenvalue weighted by Gasteiger charge is -2.39. The highest BCUT2D eigenvalue weighted by Crippen LogP contribution is 2.25. The molecule has 0 spiro atoms. The summed E-state index contributed by atoms with van der Waals surface area (Å²) in [5.41, 5.74) is 5.29. The maximum absolute atomic E-state index is 13.7. The van der Waals surface area contributed by atoms with Crippen molar-refractivity contribution in [2.24, 2.45) is 5.73 Å². The van der Waals surface area contributed by atoms with Crippen LogP contribution in [0.25, 0.3) is 0 Å². The van der Waals surface area contributed by atoms with Crippen molar-refractivity contribution in [2.75, 3.05) is 6.61 Å². The number of carboxylic acid groups (broad SMARTS) is 1. The van der Waals surface area contributed by atoms with Gasteiger partial charge in [0.15, 0.2) is 12.5 Å². The van der Waals surface area contributed by atoms with Crippen LogP contribution in [0.5, 0.6) is 0 Å². The van der Waals surface area contributed by atoms with Crippen LogP contribution in [0.1, 0.15) is 6.92 Å². The zero-order chi connectivity index (χ0) is 14.7. The normalized spacial score (nSPS) is 38.7. The predicted octanol–water partition coefficient (Wildman–Crippen LogP) is -2.42. The molecule has 9 heteroatoms. The minimum Gasteiger partial charge on any atom is -0.480 e. The van der Waals surface area contributed by atoms with Gasteiger partial charge in [0, 0.05) is 0 Å². The Bertz CT molecular complexity index is 316. The molecule has 0 aromatic carbocycles. The molecule has 6 N–H and O–H groups in total. The van der Waals surface area contributed by atoms with Gasteiger partial charge in [-0.15, -0.1) is 0 Å². The van der Waals surface area contributed by atoms with E-state index in [1.54, 1.807) is 0 Å². The van der Waals surface area contributed by atoms with Crippen molar-refractivity contribution in [3.8, 4) is 0 Å². The van der Waals surface area contributed by atoms with Gasteiger partial charge in [0.1, 0.15) is 24.4 Å². The van der Waals surface area contributed by atoms with Crippen molar-refractivity contribution in [1.29, 1.82) is 0 Å². The van der Waals surface area contributed by atoms with Crippen LogP contribution in [-0.2, 0) is 14.3 Å². The Morgan fingerprint density at radius 1 is 1.47 bits per heavy atom. The van der Waals surface area contributed by atoms with Crippen molar-refractivity contribution in [3.05, 3.63) is 0 Å². The molecule has 7 atom stereocenters. The molecule has 0 aliphatic carbocycles. The molecular formula is C10H18FNO7.